The van der Waals surface area contributed by atoms with Crippen LogP contribution in [0.4, 0.5) is 11.4 Å². The zero-order chi connectivity index (χ0) is 22.9. The fourth-order valence-corrected chi connectivity index (χ4v) is 4.61. The van der Waals surface area contributed by atoms with Crippen LogP contribution in [-0.4, -0.2) is 39.7 Å². The molecule has 0 saturated carbocycles. The van der Waals surface area contributed by atoms with Crippen molar-refractivity contribution in [1.29, 1.82) is 0 Å². The summed E-state index contributed by atoms with van der Waals surface area (Å²) in [6.45, 7) is 0.0570. The van der Waals surface area contributed by atoms with Gasteiger partial charge in [0.05, 0.1) is 10.6 Å². The maximum atomic E-state index is 12.9. The second kappa shape index (κ2) is 8.50. The topological polar surface area (TPSA) is 108 Å². The van der Waals surface area contributed by atoms with Gasteiger partial charge < -0.3 is 9.64 Å². The fourth-order valence-electron chi connectivity index (χ4n) is 4.61. The number of nitro groups is 1. The molecule has 5 rings (SSSR count). The molecule has 1 amide bonds. The second-order valence-electron chi connectivity index (χ2n) is 8.17. The first-order valence-electron chi connectivity index (χ1n) is 10.9. The van der Waals surface area contributed by atoms with Gasteiger partial charge in [-0.05, 0) is 55.9 Å². The van der Waals surface area contributed by atoms with Crippen LogP contribution in [0, 0.1) is 10.1 Å². The van der Waals surface area contributed by atoms with E-state index in [1.54, 1.807) is 10.7 Å². The number of carbonyl (C=O) groups excluding carboxylic acids is 2. The molecular weight excluding hydrogens is 424 g/mol. The Morgan fingerprint density at radius 1 is 1.06 bits per heavy atom. The van der Waals surface area contributed by atoms with Crippen molar-refractivity contribution >= 4 is 23.3 Å². The van der Waals surface area contributed by atoms with Crippen LogP contribution in [0.5, 0.6) is 0 Å². The number of para-hydroxylation sites is 1. The van der Waals surface area contributed by atoms with E-state index in [2.05, 4.69) is 5.10 Å². The van der Waals surface area contributed by atoms with Crippen molar-refractivity contribution in [3.8, 4) is 5.69 Å². The van der Waals surface area contributed by atoms with Crippen LogP contribution in [-0.2, 0) is 28.8 Å². The van der Waals surface area contributed by atoms with Gasteiger partial charge in [-0.1, -0.05) is 18.2 Å². The molecule has 0 atom stereocenters. The summed E-state index contributed by atoms with van der Waals surface area (Å²) in [5.74, 6) is -0.977. The molecule has 1 aliphatic heterocycles. The first-order chi connectivity index (χ1) is 16.0. The van der Waals surface area contributed by atoms with Gasteiger partial charge in [-0.15, -0.1) is 0 Å². The van der Waals surface area contributed by atoms with E-state index in [-0.39, 0.29) is 17.3 Å². The minimum atomic E-state index is -0.614. The molecule has 9 nitrogen and oxygen atoms in total. The number of anilines is 1. The van der Waals surface area contributed by atoms with Crippen LogP contribution in [0.3, 0.4) is 0 Å². The largest absolute Gasteiger partial charge is 0.451 e. The number of fused-ring (bicyclic) bond motifs is 2. The molecule has 1 aromatic heterocycles. The third-order valence-electron chi connectivity index (χ3n) is 6.14. The van der Waals surface area contributed by atoms with Gasteiger partial charge >= 0.3 is 5.97 Å². The Kier molecular flexibility index (Phi) is 5.37. The van der Waals surface area contributed by atoms with Crippen LogP contribution in [0.1, 0.15) is 40.2 Å². The van der Waals surface area contributed by atoms with E-state index in [0.29, 0.717) is 25.1 Å². The quantitative estimate of drug-likeness (QED) is 0.338. The Morgan fingerprint density at radius 3 is 2.67 bits per heavy atom. The summed E-state index contributed by atoms with van der Waals surface area (Å²) in [6.07, 6.45) is 3.86. The highest BCUT2D eigenvalue weighted by Crippen LogP contribution is 2.31. The van der Waals surface area contributed by atoms with Gasteiger partial charge in [0.2, 0.25) is 0 Å². The van der Waals surface area contributed by atoms with Crippen LogP contribution >= 0.6 is 0 Å². The SMILES string of the molecule is O=C(OCC(=O)N1CCCc2cc([N+](=O)[O-])ccc21)c1nn(-c2ccccc2)c2c1CCC2. The molecule has 2 aromatic carbocycles. The number of rotatable bonds is 5. The maximum Gasteiger partial charge on any atom is 0.359 e. The van der Waals surface area contributed by atoms with Gasteiger partial charge in [-0.2, -0.15) is 5.10 Å². The zero-order valence-corrected chi connectivity index (χ0v) is 17.9. The van der Waals surface area contributed by atoms with E-state index in [4.69, 9.17) is 4.74 Å². The van der Waals surface area contributed by atoms with Gasteiger partial charge in [0.1, 0.15) is 0 Å². The minimum Gasteiger partial charge on any atom is -0.451 e. The number of benzene rings is 2. The molecule has 33 heavy (non-hydrogen) atoms. The highest BCUT2D eigenvalue weighted by molar-refractivity contribution is 5.98. The molecule has 0 radical (unpaired) electrons. The fraction of sp³-hybridized carbons (Fsp3) is 0.292. The van der Waals surface area contributed by atoms with Crippen LogP contribution in [0.15, 0.2) is 48.5 Å². The van der Waals surface area contributed by atoms with E-state index in [0.717, 1.165) is 41.8 Å². The van der Waals surface area contributed by atoms with Crippen LogP contribution in [0.25, 0.3) is 5.69 Å². The molecule has 0 unspecified atom stereocenters. The summed E-state index contributed by atoms with van der Waals surface area (Å²) in [5.41, 5.74) is 4.39. The summed E-state index contributed by atoms with van der Waals surface area (Å²) < 4.78 is 7.17. The van der Waals surface area contributed by atoms with Gasteiger partial charge in [0.15, 0.2) is 12.3 Å². The van der Waals surface area contributed by atoms with Crippen molar-refractivity contribution in [2.75, 3.05) is 18.1 Å². The summed E-state index contributed by atoms with van der Waals surface area (Å²) in [7, 11) is 0. The van der Waals surface area contributed by atoms with Crippen molar-refractivity contribution in [1.82, 2.24) is 9.78 Å². The van der Waals surface area contributed by atoms with Crippen LogP contribution < -0.4 is 4.90 Å². The third-order valence-corrected chi connectivity index (χ3v) is 6.14. The number of nitrogens with zero attached hydrogens (tertiary/aromatic N) is 4. The van der Waals surface area contributed by atoms with Gasteiger partial charge in [0, 0.05) is 35.6 Å². The van der Waals surface area contributed by atoms with E-state index in [1.807, 2.05) is 30.3 Å². The number of nitro benzene ring substituents is 1. The zero-order valence-electron chi connectivity index (χ0n) is 17.9. The summed E-state index contributed by atoms with van der Waals surface area (Å²) in [4.78, 5) is 37.9. The monoisotopic (exact) mass is 446 g/mol. The van der Waals surface area contributed by atoms with Gasteiger partial charge in [-0.3, -0.25) is 14.9 Å². The van der Waals surface area contributed by atoms with E-state index >= 15 is 0 Å². The normalized spacial score (nSPS) is 14.5. The summed E-state index contributed by atoms with van der Waals surface area (Å²) in [6, 6.07) is 14.1. The Labute approximate surface area is 189 Å². The number of hydrogen-bond acceptors (Lipinski definition) is 6. The van der Waals surface area contributed by atoms with Crippen molar-refractivity contribution in [2.45, 2.75) is 32.1 Å². The number of carbonyl (C=O) groups is 2. The predicted molar refractivity (Wildman–Crippen MR) is 120 cm³/mol. The van der Waals surface area contributed by atoms with Crippen molar-refractivity contribution < 1.29 is 19.2 Å². The van der Waals surface area contributed by atoms with E-state index < -0.39 is 17.5 Å². The second-order valence-corrected chi connectivity index (χ2v) is 8.17. The molecule has 0 N–H and O–H groups in total. The lowest BCUT2D eigenvalue weighted by atomic mass is 10.0. The Hall–Kier alpha value is -4.01. The Bertz CT molecular complexity index is 1250. The molecule has 9 heteroatoms. The maximum absolute atomic E-state index is 12.9. The number of amides is 1. The molecule has 3 aromatic rings. The van der Waals surface area contributed by atoms with E-state index in [9.17, 15) is 19.7 Å². The predicted octanol–water partition coefficient (Wildman–Crippen LogP) is 3.41. The average Bonchev–Trinajstić information content (AvgIpc) is 3.45. The Morgan fingerprint density at radius 2 is 1.88 bits per heavy atom. The van der Waals surface area contributed by atoms with Crippen molar-refractivity contribution in [3.05, 3.63) is 81.2 Å². The van der Waals surface area contributed by atoms with Gasteiger partial charge in [0.25, 0.3) is 11.6 Å². The molecular formula is C24H22N4O5. The number of hydrogen-bond donors (Lipinski definition) is 0. The highest BCUT2D eigenvalue weighted by Gasteiger charge is 2.30. The number of esters is 1. The van der Waals surface area contributed by atoms with Crippen molar-refractivity contribution in [3.63, 3.8) is 0 Å². The lowest BCUT2D eigenvalue weighted by Gasteiger charge is -2.29. The molecule has 0 spiro atoms. The molecule has 0 saturated heterocycles. The standard InChI is InChI=1S/C24H22N4O5/c29-22(26-13-5-6-16-14-18(28(31)32)11-12-20(16)26)15-33-24(30)23-19-9-4-10-21(19)27(25-23)17-7-2-1-3-8-17/h1-3,7-8,11-12,14H,4-6,9-10,13,15H2. The lowest BCUT2D eigenvalue weighted by Crippen LogP contribution is -2.38. The Balaban J connectivity index is 1.32. The third kappa shape index (κ3) is 3.86. The summed E-state index contributed by atoms with van der Waals surface area (Å²) in [5, 5.41) is 15.6. The molecule has 0 fully saturated rings. The number of non-ortho nitro benzene ring substituents is 1. The highest BCUT2D eigenvalue weighted by atomic mass is 16.6. The number of aromatic nitrogens is 2. The van der Waals surface area contributed by atoms with Crippen LogP contribution in [0.2, 0.25) is 0 Å². The average molecular weight is 446 g/mol. The molecule has 0 bridgehead atoms. The molecule has 2 aliphatic rings. The number of ether oxygens (including phenoxy) is 1. The smallest absolute Gasteiger partial charge is 0.359 e. The van der Waals surface area contributed by atoms with Crippen molar-refractivity contribution in [2.24, 2.45) is 0 Å². The molecule has 2 heterocycles. The lowest BCUT2D eigenvalue weighted by molar-refractivity contribution is -0.384. The van der Waals surface area contributed by atoms with E-state index in [1.165, 1.54) is 17.0 Å². The first kappa shape index (κ1) is 20.9. The number of aryl methyl sites for hydroxylation is 1. The molecule has 168 valence electrons. The minimum absolute atomic E-state index is 0.00247. The first-order valence-corrected chi connectivity index (χ1v) is 10.9. The van der Waals surface area contributed by atoms with Gasteiger partial charge in [-0.25, -0.2) is 9.48 Å². The summed E-state index contributed by atoms with van der Waals surface area (Å²) >= 11 is 0. The molecule has 1 aliphatic carbocycles.